The van der Waals surface area contributed by atoms with Gasteiger partial charge in [0.2, 0.25) is 0 Å². The van der Waals surface area contributed by atoms with E-state index in [0.29, 0.717) is 16.5 Å². The molecule has 1 aromatic carbocycles. The Kier molecular flexibility index (Phi) is 6.29. The zero-order valence-electron chi connectivity index (χ0n) is 15.0. The quantitative estimate of drug-likeness (QED) is 0.762. The average Bonchev–Trinajstić information content (AvgIpc) is 2.67. The maximum atomic E-state index is 12.8. The second-order valence-corrected chi connectivity index (χ2v) is 7.04. The fourth-order valence-corrected chi connectivity index (χ4v) is 3.36. The number of nitrogens with one attached hydrogen (secondary N) is 1. The Morgan fingerprint density at radius 1 is 1.15 bits per heavy atom. The van der Waals surface area contributed by atoms with Crippen LogP contribution in [0.5, 0.6) is 0 Å². The third-order valence-electron chi connectivity index (χ3n) is 4.65. The minimum absolute atomic E-state index is 0.0870. The summed E-state index contributed by atoms with van der Waals surface area (Å²) in [5.41, 5.74) is 1.62. The first kappa shape index (κ1) is 18.5. The molecule has 0 spiro atoms. The van der Waals surface area contributed by atoms with E-state index >= 15 is 0 Å². The average molecular weight is 370 g/mol. The van der Waals surface area contributed by atoms with Crippen LogP contribution < -0.4 is 10.2 Å². The molecule has 1 N–H and O–H groups in total. The van der Waals surface area contributed by atoms with Crippen LogP contribution in [0.2, 0.25) is 5.15 Å². The smallest absolute Gasteiger partial charge is 0.255 e. The molecule has 136 valence electrons. The van der Waals surface area contributed by atoms with E-state index < -0.39 is 0 Å². The highest BCUT2D eigenvalue weighted by Crippen LogP contribution is 2.23. The van der Waals surface area contributed by atoms with Crippen molar-refractivity contribution in [1.82, 2.24) is 10.3 Å². The number of rotatable bonds is 5. The Labute approximate surface area is 159 Å². The van der Waals surface area contributed by atoms with E-state index in [1.165, 1.54) is 19.3 Å². The molecular formula is C21H24ClN3O. The number of aromatic nitrogens is 1. The van der Waals surface area contributed by atoms with Crippen molar-refractivity contribution in [2.24, 2.45) is 0 Å². The predicted molar refractivity (Wildman–Crippen MR) is 107 cm³/mol. The van der Waals surface area contributed by atoms with Crippen LogP contribution in [0, 0.1) is 0 Å². The summed E-state index contributed by atoms with van der Waals surface area (Å²) in [4.78, 5) is 19.0. The first-order chi connectivity index (χ1) is 12.6. The molecule has 1 heterocycles. The lowest BCUT2D eigenvalue weighted by Crippen LogP contribution is -2.36. The number of hydrogen-bond donors (Lipinski definition) is 1. The number of carbonyl (C=O) groups is 1. The molecule has 1 amide bonds. The van der Waals surface area contributed by atoms with E-state index in [0.717, 1.165) is 18.4 Å². The lowest BCUT2D eigenvalue weighted by atomic mass is 9.95. The summed E-state index contributed by atoms with van der Waals surface area (Å²) in [5, 5.41) is 3.52. The zero-order chi connectivity index (χ0) is 18.4. The van der Waals surface area contributed by atoms with Crippen molar-refractivity contribution >= 4 is 29.4 Å². The predicted octanol–water partition coefficient (Wildman–Crippen LogP) is 4.90. The van der Waals surface area contributed by atoms with Gasteiger partial charge in [-0.1, -0.05) is 61.2 Å². The van der Waals surface area contributed by atoms with Crippen molar-refractivity contribution in [3.63, 3.8) is 0 Å². The van der Waals surface area contributed by atoms with Crippen LogP contribution in [-0.4, -0.2) is 24.0 Å². The molecule has 1 fully saturated rings. The lowest BCUT2D eigenvalue weighted by Gasteiger charge is -2.24. The minimum atomic E-state index is -0.0870. The number of carbonyl (C=O) groups excluding carboxylic acids is 1. The number of hydrogen-bond acceptors (Lipinski definition) is 3. The molecular weight excluding hydrogens is 346 g/mol. The highest BCUT2D eigenvalue weighted by atomic mass is 35.5. The molecule has 2 aromatic rings. The zero-order valence-corrected chi connectivity index (χ0v) is 15.7. The Hall–Kier alpha value is -2.33. The molecule has 1 saturated carbocycles. The Balaban J connectivity index is 1.78. The molecule has 3 rings (SSSR count). The molecule has 0 radical (unpaired) electrons. The summed E-state index contributed by atoms with van der Waals surface area (Å²) in [6.07, 6.45) is 9.58. The maximum absolute atomic E-state index is 12.8. The number of nitrogens with zero attached hydrogens (tertiary/aromatic N) is 2. The summed E-state index contributed by atoms with van der Waals surface area (Å²) in [7, 11) is 1.87. The highest BCUT2D eigenvalue weighted by molar-refractivity contribution is 6.29. The lowest BCUT2D eigenvalue weighted by molar-refractivity contribution is 0.0928. The van der Waals surface area contributed by atoms with Crippen LogP contribution >= 0.6 is 11.6 Å². The third-order valence-corrected chi connectivity index (χ3v) is 4.86. The number of benzene rings is 1. The van der Waals surface area contributed by atoms with Gasteiger partial charge in [0.05, 0.1) is 5.56 Å². The van der Waals surface area contributed by atoms with E-state index in [1.807, 2.05) is 54.6 Å². The van der Waals surface area contributed by atoms with Crippen molar-refractivity contribution in [3.8, 4) is 0 Å². The molecule has 0 unspecified atom stereocenters. The van der Waals surface area contributed by atoms with E-state index in [2.05, 4.69) is 10.3 Å². The number of pyridine rings is 1. The first-order valence-electron chi connectivity index (χ1n) is 9.07. The van der Waals surface area contributed by atoms with Gasteiger partial charge < -0.3 is 10.2 Å². The summed E-state index contributed by atoms with van der Waals surface area (Å²) in [6, 6.07) is 13.7. The topological polar surface area (TPSA) is 45.2 Å². The number of halogens is 1. The van der Waals surface area contributed by atoms with Crippen LogP contribution in [0.15, 0.2) is 48.7 Å². The summed E-state index contributed by atoms with van der Waals surface area (Å²) in [6.45, 7) is 0. The van der Waals surface area contributed by atoms with Crippen molar-refractivity contribution in [3.05, 3.63) is 64.9 Å². The summed E-state index contributed by atoms with van der Waals surface area (Å²) in [5.74, 6) is 0.467. The summed E-state index contributed by atoms with van der Waals surface area (Å²) >= 11 is 6.08. The van der Waals surface area contributed by atoms with Gasteiger partial charge in [0.1, 0.15) is 11.0 Å². The van der Waals surface area contributed by atoms with Crippen molar-refractivity contribution in [2.75, 3.05) is 11.9 Å². The minimum Gasteiger partial charge on any atom is -0.349 e. The van der Waals surface area contributed by atoms with Gasteiger partial charge in [0, 0.05) is 19.3 Å². The number of amides is 1. The van der Waals surface area contributed by atoms with Crippen LogP contribution in [0.3, 0.4) is 0 Å². The maximum Gasteiger partial charge on any atom is 0.255 e. The van der Waals surface area contributed by atoms with Crippen molar-refractivity contribution in [1.29, 1.82) is 0 Å². The largest absolute Gasteiger partial charge is 0.349 e. The fraction of sp³-hybridized carbons (Fsp3) is 0.333. The molecule has 0 aliphatic heterocycles. The van der Waals surface area contributed by atoms with Crippen LogP contribution in [0.25, 0.3) is 6.08 Å². The molecule has 0 bridgehead atoms. The van der Waals surface area contributed by atoms with E-state index in [1.54, 1.807) is 12.1 Å². The Bertz CT molecular complexity index is 770. The molecule has 1 aromatic heterocycles. The molecule has 0 saturated heterocycles. The molecule has 1 aliphatic rings. The van der Waals surface area contributed by atoms with Gasteiger partial charge in [-0.15, -0.1) is 0 Å². The van der Waals surface area contributed by atoms with Gasteiger partial charge in [-0.05, 0) is 36.6 Å². The first-order valence-corrected chi connectivity index (χ1v) is 9.45. The van der Waals surface area contributed by atoms with Gasteiger partial charge in [-0.25, -0.2) is 4.98 Å². The van der Waals surface area contributed by atoms with Gasteiger partial charge >= 0.3 is 0 Å². The van der Waals surface area contributed by atoms with E-state index in [-0.39, 0.29) is 11.9 Å². The van der Waals surface area contributed by atoms with Gasteiger partial charge in [-0.2, -0.15) is 0 Å². The molecule has 26 heavy (non-hydrogen) atoms. The highest BCUT2D eigenvalue weighted by Gasteiger charge is 2.20. The third kappa shape index (κ3) is 4.85. The fourth-order valence-electron chi connectivity index (χ4n) is 3.21. The summed E-state index contributed by atoms with van der Waals surface area (Å²) < 4.78 is 0. The Morgan fingerprint density at radius 2 is 1.88 bits per heavy atom. The normalized spacial score (nSPS) is 15.2. The molecule has 1 aliphatic carbocycles. The second kappa shape index (κ2) is 8.86. The molecule has 0 atom stereocenters. The van der Waals surface area contributed by atoms with E-state index in [9.17, 15) is 4.79 Å². The van der Waals surface area contributed by atoms with Crippen molar-refractivity contribution in [2.45, 2.75) is 38.1 Å². The van der Waals surface area contributed by atoms with Gasteiger partial charge in [0.25, 0.3) is 5.91 Å². The number of anilines is 1. The van der Waals surface area contributed by atoms with E-state index in [4.69, 9.17) is 11.6 Å². The standard InChI is InChI=1S/C21H24ClN3O/c1-25(15-14-16-8-4-2-5-9-16)20-18(12-13-19(22)24-20)21(26)23-17-10-6-3-7-11-17/h2,4-5,8-9,12-15,17H,3,6-7,10-11H2,1H3,(H,23,26). The molecule has 5 heteroatoms. The van der Waals surface area contributed by atoms with Crippen LogP contribution in [-0.2, 0) is 0 Å². The SMILES string of the molecule is CN(C=Cc1ccccc1)c1nc(Cl)ccc1C(=O)NC1CCCCC1. The Morgan fingerprint density at radius 3 is 2.62 bits per heavy atom. The second-order valence-electron chi connectivity index (χ2n) is 6.65. The van der Waals surface area contributed by atoms with Crippen molar-refractivity contribution < 1.29 is 4.79 Å². The van der Waals surface area contributed by atoms with Crippen LogP contribution in [0.1, 0.15) is 48.0 Å². The molecule has 4 nitrogen and oxygen atoms in total. The van der Waals surface area contributed by atoms with Gasteiger partial charge in [-0.3, -0.25) is 4.79 Å². The monoisotopic (exact) mass is 369 g/mol. The van der Waals surface area contributed by atoms with Gasteiger partial charge in [0.15, 0.2) is 0 Å². The van der Waals surface area contributed by atoms with Crippen LogP contribution in [0.4, 0.5) is 5.82 Å².